The Morgan fingerprint density at radius 2 is 1.84 bits per heavy atom. The number of nitrogens with zero attached hydrogens (tertiary/aromatic N) is 3. The van der Waals surface area contributed by atoms with E-state index in [1.54, 1.807) is 43.6 Å². The Morgan fingerprint density at radius 3 is 2.60 bits per heavy atom. The van der Waals surface area contributed by atoms with Gasteiger partial charge in [-0.1, -0.05) is 30.3 Å². The zero-order valence-electron chi connectivity index (χ0n) is 24.5. The fourth-order valence-corrected chi connectivity index (χ4v) is 5.08. The van der Waals surface area contributed by atoms with Crippen LogP contribution in [-0.4, -0.2) is 54.1 Å². The summed E-state index contributed by atoms with van der Waals surface area (Å²) in [5.74, 6) is 0.483. The number of anilines is 1. The number of aromatic nitrogens is 3. The van der Waals surface area contributed by atoms with Crippen LogP contribution in [0.1, 0.15) is 53.5 Å². The molecule has 2 aromatic carbocycles. The van der Waals surface area contributed by atoms with Gasteiger partial charge in [0.2, 0.25) is 0 Å². The van der Waals surface area contributed by atoms with E-state index in [0.29, 0.717) is 55.4 Å². The number of nitrogens with one attached hydrogen (secondary N) is 1. The van der Waals surface area contributed by atoms with Gasteiger partial charge >= 0.3 is 5.97 Å². The monoisotopic (exact) mass is 584 g/mol. The highest BCUT2D eigenvalue weighted by Crippen LogP contribution is 2.31. The second-order valence-corrected chi connectivity index (χ2v) is 10.1. The third kappa shape index (κ3) is 7.58. The van der Waals surface area contributed by atoms with Crippen LogP contribution in [0.15, 0.2) is 72.9 Å². The molecule has 0 aliphatic carbocycles. The Kier molecular flexibility index (Phi) is 10.0. The zero-order valence-corrected chi connectivity index (χ0v) is 24.5. The van der Waals surface area contributed by atoms with E-state index in [-0.39, 0.29) is 23.8 Å². The molecule has 1 fully saturated rings. The molecule has 0 bridgehead atoms. The number of hydrogen-bond acceptors (Lipinski definition) is 8. The first-order valence-electron chi connectivity index (χ1n) is 14.4. The van der Waals surface area contributed by atoms with Crippen molar-refractivity contribution in [1.82, 2.24) is 14.8 Å². The Bertz CT molecular complexity index is 1550. The van der Waals surface area contributed by atoms with Gasteiger partial charge in [0.15, 0.2) is 6.23 Å². The molecule has 4 aromatic rings. The van der Waals surface area contributed by atoms with Crippen molar-refractivity contribution in [3.8, 4) is 22.9 Å². The van der Waals surface area contributed by atoms with Crippen LogP contribution in [0.5, 0.6) is 11.5 Å². The van der Waals surface area contributed by atoms with Crippen molar-refractivity contribution in [1.29, 1.82) is 0 Å². The number of pyridine rings is 1. The number of benzene rings is 2. The molecule has 43 heavy (non-hydrogen) atoms. The number of carbonyl (C=O) groups excluding carboxylic acids is 2. The van der Waals surface area contributed by atoms with Gasteiger partial charge in [0.1, 0.15) is 17.2 Å². The van der Waals surface area contributed by atoms with E-state index in [0.717, 1.165) is 36.1 Å². The number of hydrogen-bond donors (Lipinski definition) is 1. The summed E-state index contributed by atoms with van der Waals surface area (Å²) >= 11 is 0. The smallest absolute Gasteiger partial charge is 0.305 e. The Labute approximate surface area is 250 Å². The van der Waals surface area contributed by atoms with Crippen molar-refractivity contribution in [3.05, 3.63) is 89.7 Å². The topological polar surface area (TPSA) is 114 Å². The predicted molar refractivity (Wildman–Crippen MR) is 161 cm³/mol. The maximum absolute atomic E-state index is 13.2. The van der Waals surface area contributed by atoms with E-state index in [4.69, 9.17) is 18.9 Å². The largest absolute Gasteiger partial charge is 0.494 e. The number of carbonyl (C=O) groups is 2. The molecule has 3 heterocycles. The molecule has 1 N–H and O–H groups in total. The average Bonchev–Trinajstić information content (AvgIpc) is 3.55. The summed E-state index contributed by atoms with van der Waals surface area (Å²) < 4.78 is 24.1. The Morgan fingerprint density at radius 1 is 1.00 bits per heavy atom. The second kappa shape index (κ2) is 14.5. The lowest BCUT2D eigenvalue weighted by atomic mass is 10.0. The molecule has 1 aliphatic rings. The first-order valence-corrected chi connectivity index (χ1v) is 14.4. The van der Waals surface area contributed by atoms with Gasteiger partial charge in [0.25, 0.3) is 5.91 Å². The predicted octanol–water partition coefficient (Wildman–Crippen LogP) is 5.63. The molecule has 1 aliphatic heterocycles. The fraction of sp³-hybridized carbons (Fsp3) is 0.333. The molecule has 1 saturated heterocycles. The molecule has 1 atom stereocenters. The molecule has 1 amide bonds. The lowest BCUT2D eigenvalue weighted by Crippen LogP contribution is -2.20. The van der Waals surface area contributed by atoms with Crippen molar-refractivity contribution < 1.29 is 28.5 Å². The summed E-state index contributed by atoms with van der Waals surface area (Å²) in [5.41, 5.74) is 4.42. The van der Waals surface area contributed by atoms with Crippen LogP contribution in [0, 0.1) is 0 Å². The lowest BCUT2D eigenvalue weighted by molar-refractivity contribution is -0.140. The van der Waals surface area contributed by atoms with Gasteiger partial charge in [0.05, 0.1) is 37.9 Å². The normalized spacial score (nSPS) is 14.6. The van der Waals surface area contributed by atoms with Gasteiger partial charge in [-0.05, 0) is 67.1 Å². The van der Waals surface area contributed by atoms with E-state index < -0.39 is 0 Å². The molecule has 1 unspecified atom stereocenters. The van der Waals surface area contributed by atoms with Gasteiger partial charge in [-0.25, -0.2) is 9.67 Å². The van der Waals surface area contributed by atoms with E-state index in [1.165, 1.54) is 7.11 Å². The Hall–Kier alpha value is -4.70. The van der Waals surface area contributed by atoms with Crippen LogP contribution in [0.4, 0.5) is 5.69 Å². The van der Waals surface area contributed by atoms with Crippen LogP contribution < -0.4 is 14.8 Å². The minimum atomic E-state index is -0.364. The summed E-state index contributed by atoms with van der Waals surface area (Å²) in [7, 11) is 2.94. The molecule has 5 rings (SSSR count). The van der Waals surface area contributed by atoms with Crippen LogP contribution in [-0.2, 0) is 27.1 Å². The van der Waals surface area contributed by atoms with Crippen molar-refractivity contribution in [2.24, 2.45) is 0 Å². The van der Waals surface area contributed by atoms with Crippen LogP contribution >= 0.6 is 0 Å². The molecule has 0 saturated carbocycles. The highest BCUT2D eigenvalue weighted by atomic mass is 16.5. The van der Waals surface area contributed by atoms with Gasteiger partial charge in [-0.3, -0.25) is 9.59 Å². The van der Waals surface area contributed by atoms with Crippen molar-refractivity contribution >= 4 is 17.6 Å². The maximum Gasteiger partial charge on any atom is 0.305 e. The SMILES string of the molecule is COC(=O)CCc1ccccc1CCOc1ccc(NC(=O)c2cccc(-c3ccnn3C3CCCCO3)n2)c(OC)c1. The third-order valence-electron chi connectivity index (χ3n) is 7.35. The van der Waals surface area contributed by atoms with E-state index in [9.17, 15) is 9.59 Å². The number of rotatable bonds is 12. The molecule has 224 valence electrons. The number of ether oxygens (including phenoxy) is 4. The fourth-order valence-electron chi connectivity index (χ4n) is 5.08. The highest BCUT2D eigenvalue weighted by Gasteiger charge is 2.21. The molecule has 10 nitrogen and oxygen atoms in total. The summed E-state index contributed by atoms with van der Waals surface area (Å²) in [4.78, 5) is 29.4. The molecular formula is C33H36N4O6. The van der Waals surface area contributed by atoms with Crippen molar-refractivity contribution in [2.75, 3.05) is 32.8 Å². The van der Waals surface area contributed by atoms with E-state index in [1.807, 2.05) is 41.1 Å². The first kappa shape index (κ1) is 29.8. The molecule has 2 aromatic heterocycles. The zero-order chi connectivity index (χ0) is 30.0. The summed E-state index contributed by atoms with van der Waals surface area (Å²) in [6.45, 7) is 1.14. The third-order valence-corrected chi connectivity index (χ3v) is 7.35. The summed E-state index contributed by atoms with van der Waals surface area (Å²) in [6.07, 6.45) is 6.22. The molecular weight excluding hydrogens is 548 g/mol. The van der Waals surface area contributed by atoms with Crippen LogP contribution in [0.25, 0.3) is 11.4 Å². The van der Waals surface area contributed by atoms with E-state index >= 15 is 0 Å². The molecule has 0 radical (unpaired) electrons. The number of aryl methyl sites for hydroxylation is 1. The van der Waals surface area contributed by atoms with E-state index in [2.05, 4.69) is 15.4 Å². The summed E-state index contributed by atoms with van der Waals surface area (Å²) in [6, 6.07) is 20.5. The number of esters is 1. The Balaban J connectivity index is 1.22. The maximum atomic E-state index is 13.2. The standard InChI is InChI=1S/C33H36N4O6/c1-40-30-22-25(42-21-18-24-9-4-3-8-23(24)13-16-32(38)41-2)14-15-27(30)36-33(39)28-11-7-10-26(35-28)29-17-19-34-37(29)31-12-5-6-20-43-31/h3-4,7-11,14-15,17,19,22,31H,5-6,12-13,16,18,20-21H2,1-2H3,(H,36,39). The minimum absolute atomic E-state index is 0.135. The minimum Gasteiger partial charge on any atom is -0.494 e. The van der Waals surface area contributed by atoms with Crippen LogP contribution in [0.2, 0.25) is 0 Å². The average molecular weight is 585 g/mol. The molecule has 10 heteroatoms. The van der Waals surface area contributed by atoms with Crippen LogP contribution in [0.3, 0.4) is 0 Å². The second-order valence-electron chi connectivity index (χ2n) is 10.1. The lowest BCUT2D eigenvalue weighted by Gasteiger charge is -2.24. The first-order chi connectivity index (χ1) is 21.1. The van der Waals surface area contributed by atoms with Gasteiger partial charge in [-0.2, -0.15) is 5.10 Å². The van der Waals surface area contributed by atoms with Crippen molar-refractivity contribution in [3.63, 3.8) is 0 Å². The van der Waals surface area contributed by atoms with Gasteiger partial charge in [-0.15, -0.1) is 0 Å². The van der Waals surface area contributed by atoms with Gasteiger partial charge < -0.3 is 24.3 Å². The number of amides is 1. The summed E-state index contributed by atoms with van der Waals surface area (Å²) in [5, 5.41) is 7.36. The quantitative estimate of drug-likeness (QED) is 0.213. The number of methoxy groups -OCH3 is 2. The molecule has 0 spiro atoms. The van der Waals surface area contributed by atoms with Gasteiger partial charge in [0, 0.05) is 31.7 Å². The highest BCUT2D eigenvalue weighted by molar-refractivity contribution is 6.04. The van der Waals surface area contributed by atoms with Crippen molar-refractivity contribution in [2.45, 2.75) is 44.8 Å².